The van der Waals surface area contributed by atoms with E-state index in [9.17, 15) is 19.7 Å². The molecule has 156 valence electrons. The van der Waals surface area contributed by atoms with E-state index >= 15 is 0 Å². The number of carbonyl (C=O) groups is 2. The van der Waals surface area contributed by atoms with Gasteiger partial charge in [0.25, 0.3) is 17.5 Å². The summed E-state index contributed by atoms with van der Waals surface area (Å²) >= 11 is 5.82. The van der Waals surface area contributed by atoms with Crippen LogP contribution in [0.25, 0.3) is 0 Å². The van der Waals surface area contributed by atoms with E-state index in [1.807, 2.05) is 24.3 Å². The molecule has 1 N–H and O–H groups in total. The molecule has 1 aliphatic heterocycles. The summed E-state index contributed by atoms with van der Waals surface area (Å²) in [5.74, 6) is -0.602. The molecule has 0 spiro atoms. The molecule has 0 atom stereocenters. The molecule has 3 aromatic rings. The van der Waals surface area contributed by atoms with E-state index in [4.69, 9.17) is 11.6 Å². The van der Waals surface area contributed by atoms with Gasteiger partial charge in [-0.05, 0) is 54.8 Å². The molecule has 0 bridgehead atoms. The van der Waals surface area contributed by atoms with E-state index in [-0.39, 0.29) is 22.2 Å². The van der Waals surface area contributed by atoms with Crippen molar-refractivity contribution >= 4 is 40.5 Å². The first-order valence-electron chi connectivity index (χ1n) is 9.69. The molecule has 0 radical (unpaired) electrons. The van der Waals surface area contributed by atoms with Gasteiger partial charge < -0.3 is 10.2 Å². The lowest BCUT2D eigenvalue weighted by atomic mass is 10.00. The Hall–Kier alpha value is -3.71. The minimum atomic E-state index is -0.634. The van der Waals surface area contributed by atoms with Crippen molar-refractivity contribution in [2.24, 2.45) is 0 Å². The normalized spacial score (nSPS) is 12.7. The smallest absolute Gasteiger partial charge is 0.288 e. The fourth-order valence-electron chi connectivity index (χ4n) is 3.60. The van der Waals surface area contributed by atoms with Crippen LogP contribution in [0.1, 0.15) is 32.7 Å². The number of fused-ring (bicyclic) bond motifs is 1. The van der Waals surface area contributed by atoms with Crippen LogP contribution in [-0.4, -0.2) is 23.3 Å². The van der Waals surface area contributed by atoms with Gasteiger partial charge in [-0.25, -0.2) is 0 Å². The van der Waals surface area contributed by atoms with Crippen LogP contribution in [0.15, 0.2) is 66.7 Å². The average Bonchev–Trinajstić information content (AvgIpc) is 2.78. The third-order valence-corrected chi connectivity index (χ3v) is 5.45. The van der Waals surface area contributed by atoms with E-state index in [0.29, 0.717) is 17.8 Å². The van der Waals surface area contributed by atoms with Crippen LogP contribution in [-0.2, 0) is 6.42 Å². The molecule has 0 aromatic heterocycles. The highest BCUT2D eigenvalue weighted by atomic mass is 35.5. The molecule has 0 saturated heterocycles. The molecular weight excluding hydrogens is 418 g/mol. The van der Waals surface area contributed by atoms with Crippen molar-refractivity contribution in [1.82, 2.24) is 0 Å². The number of nitrogens with one attached hydrogen (secondary N) is 1. The van der Waals surface area contributed by atoms with Crippen LogP contribution in [0.5, 0.6) is 0 Å². The first-order valence-corrected chi connectivity index (χ1v) is 10.1. The number of nitrogens with zero attached hydrogens (tertiary/aromatic N) is 2. The van der Waals surface area contributed by atoms with Crippen LogP contribution >= 0.6 is 11.6 Å². The second-order valence-corrected chi connectivity index (χ2v) is 7.55. The summed E-state index contributed by atoms with van der Waals surface area (Å²) < 4.78 is 0. The van der Waals surface area contributed by atoms with Gasteiger partial charge in [0, 0.05) is 35.1 Å². The number of nitro benzene ring substituents is 1. The maximum Gasteiger partial charge on any atom is 0.288 e. The van der Waals surface area contributed by atoms with E-state index < -0.39 is 10.8 Å². The quantitative estimate of drug-likeness (QED) is 0.456. The average molecular weight is 436 g/mol. The molecule has 7 nitrogen and oxygen atoms in total. The zero-order valence-electron chi connectivity index (χ0n) is 16.4. The molecule has 0 aliphatic carbocycles. The third kappa shape index (κ3) is 4.27. The fourth-order valence-corrected chi connectivity index (χ4v) is 3.78. The molecule has 0 unspecified atom stereocenters. The molecule has 1 aliphatic rings. The van der Waals surface area contributed by atoms with E-state index in [2.05, 4.69) is 5.32 Å². The third-order valence-electron chi connectivity index (χ3n) is 5.13. The van der Waals surface area contributed by atoms with Gasteiger partial charge in [0.1, 0.15) is 5.02 Å². The fraction of sp³-hybridized carbons (Fsp3) is 0.130. The second-order valence-electron chi connectivity index (χ2n) is 7.15. The van der Waals surface area contributed by atoms with Gasteiger partial charge >= 0.3 is 0 Å². The number of carbonyl (C=O) groups excluding carboxylic acids is 2. The highest BCUT2D eigenvalue weighted by molar-refractivity contribution is 6.32. The zero-order valence-corrected chi connectivity index (χ0v) is 17.1. The summed E-state index contributed by atoms with van der Waals surface area (Å²) in [7, 11) is 0. The van der Waals surface area contributed by atoms with Gasteiger partial charge in [0.05, 0.1) is 4.92 Å². The Morgan fingerprint density at radius 3 is 2.52 bits per heavy atom. The number of rotatable bonds is 4. The van der Waals surface area contributed by atoms with Crippen LogP contribution in [0.4, 0.5) is 17.1 Å². The van der Waals surface area contributed by atoms with E-state index in [1.165, 1.54) is 12.1 Å². The van der Waals surface area contributed by atoms with Crippen molar-refractivity contribution in [2.45, 2.75) is 12.8 Å². The SMILES string of the molecule is O=C(Nc1ccc2c(c1)N(C(=O)c1ccccc1)CCC2)c1ccc(Cl)c([N+](=O)[O-])c1. The summed E-state index contributed by atoms with van der Waals surface area (Å²) in [5.41, 5.74) is 2.65. The second kappa shape index (κ2) is 8.57. The standard InChI is InChI=1S/C23H18ClN3O4/c24-19-11-9-17(13-21(19)27(30)31)22(28)25-18-10-8-15-7-4-12-26(20(15)14-18)23(29)16-5-2-1-3-6-16/h1-3,5-6,8-11,13-14H,4,7,12H2,(H,25,28). The van der Waals surface area contributed by atoms with Gasteiger partial charge in [0.2, 0.25) is 0 Å². The number of aryl methyl sites for hydroxylation is 1. The van der Waals surface area contributed by atoms with Crippen molar-refractivity contribution in [3.63, 3.8) is 0 Å². The first kappa shape index (κ1) is 20.6. The molecule has 0 saturated carbocycles. The Kier molecular flexibility index (Phi) is 5.68. The lowest BCUT2D eigenvalue weighted by Gasteiger charge is -2.30. The molecule has 0 fully saturated rings. The zero-order chi connectivity index (χ0) is 22.0. The first-order chi connectivity index (χ1) is 14.9. The molecule has 2 amide bonds. The van der Waals surface area contributed by atoms with Crippen LogP contribution in [0.3, 0.4) is 0 Å². The predicted molar refractivity (Wildman–Crippen MR) is 119 cm³/mol. The van der Waals surface area contributed by atoms with Crippen LogP contribution in [0.2, 0.25) is 5.02 Å². The van der Waals surface area contributed by atoms with Gasteiger partial charge in [-0.15, -0.1) is 0 Å². The minimum Gasteiger partial charge on any atom is -0.322 e. The largest absolute Gasteiger partial charge is 0.322 e. The van der Waals surface area contributed by atoms with E-state index in [1.54, 1.807) is 29.2 Å². The number of anilines is 2. The van der Waals surface area contributed by atoms with Crippen molar-refractivity contribution in [2.75, 3.05) is 16.8 Å². The highest BCUT2D eigenvalue weighted by Gasteiger charge is 2.24. The van der Waals surface area contributed by atoms with Crippen molar-refractivity contribution in [1.29, 1.82) is 0 Å². The summed E-state index contributed by atoms with van der Waals surface area (Å²) in [6, 6.07) is 18.3. The summed E-state index contributed by atoms with van der Waals surface area (Å²) in [6.07, 6.45) is 1.69. The summed E-state index contributed by atoms with van der Waals surface area (Å²) in [5, 5.41) is 13.8. The number of hydrogen-bond donors (Lipinski definition) is 1. The Labute approximate surface area is 183 Å². The van der Waals surface area contributed by atoms with Gasteiger partial charge in [0.15, 0.2) is 0 Å². The molecule has 4 rings (SSSR count). The Morgan fingerprint density at radius 1 is 1.00 bits per heavy atom. The summed E-state index contributed by atoms with van der Waals surface area (Å²) in [4.78, 5) is 37.8. The highest BCUT2D eigenvalue weighted by Crippen LogP contribution is 2.32. The lowest BCUT2D eigenvalue weighted by Crippen LogP contribution is -2.35. The Balaban J connectivity index is 1.60. The maximum absolute atomic E-state index is 13.0. The number of nitro groups is 1. The maximum atomic E-state index is 13.0. The topological polar surface area (TPSA) is 92.6 Å². The molecular formula is C23H18ClN3O4. The molecule has 8 heteroatoms. The van der Waals surface area contributed by atoms with Gasteiger partial charge in [-0.3, -0.25) is 19.7 Å². The Morgan fingerprint density at radius 2 is 1.77 bits per heavy atom. The number of benzene rings is 3. The van der Waals surface area contributed by atoms with E-state index in [0.717, 1.165) is 30.2 Å². The van der Waals surface area contributed by atoms with Crippen molar-refractivity contribution in [3.8, 4) is 0 Å². The summed E-state index contributed by atoms with van der Waals surface area (Å²) in [6.45, 7) is 0.585. The van der Waals surface area contributed by atoms with Crippen molar-refractivity contribution in [3.05, 3.63) is 98.6 Å². The lowest BCUT2D eigenvalue weighted by molar-refractivity contribution is -0.384. The van der Waals surface area contributed by atoms with Crippen molar-refractivity contribution < 1.29 is 14.5 Å². The number of hydrogen-bond acceptors (Lipinski definition) is 4. The van der Waals surface area contributed by atoms with Gasteiger partial charge in [-0.2, -0.15) is 0 Å². The number of halogens is 1. The minimum absolute atomic E-state index is 0.0367. The molecule has 1 heterocycles. The number of amides is 2. The molecule has 3 aromatic carbocycles. The monoisotopic (exact) mass is 435 g/mol. The Bertz CT molecular complexity index is 1180. The predicted octanol–water partition coefficient (Wildman–Crippen LogP) is 5.09. The van der Waals surface area contributed by atoms with Gasteiger partial charge in [-0.1, -0.05) is 35.9 Å². The molecule has 31 heavy (non-hydrogen) atoms. The van der Waals surface area contributed by atoms with Crippen LogP contribution < -0.4 is 10.2 Å². The van der Waals surface area contributed by atoms with Crippen LogP contribution in [0, 0.1) is 10.1 Å².